The molecule has 0 radical (unpaired) electrons. The molecule has 0 aromatic heterocycles. The minimum Gasteiger partial charge on any atom is -0.445 e. The lowest BCUT2D eigenvalue weighted by molar-refractivity contribution is 0.00578. The van der Waals surface area contributed by atoms with Gasteiger partial charge in [-0.25, -0.2) is 9.18 Å². The summed E-state index contributed by atoms with van der Waals surface area (Å²) in [7, 11) is -0.782. The SMILES string of the molecule is CC1(C)OB(C(=Cc2cc(Cl)cc(F)c2N)CNC(=O)OCc2ccccc2)OC1(C)C. The number of nitrogens with two attached hydrogens (primary N) is 1. The molecular weight excluding hydrogens is 434 g/mol. The second-order valence-electron chi connectivity index (χ2n) is 8.61. The molecular formula is C23H27BClFN2O4. The Bertz CT molecular complexity index is 999. The van der Waals surface area contributed by atoms with Crippen LogP contribution in [-0.4, -0.2) is 31.0 Å². The van der Waals surface area contributed by atoms with Gasteiger partial charge in [-0.2, -0.15) is 0 Å². The molecule has 1 aliphatic rings. The van der Waals surface area contributed by atoms with Crippen molar-refractivity contribution in [3.05, 3.63) is 69.9 Å². The van der Waals surface area contributed by atoms with Gasteiger partial charge in [-0.05, 0) is 50.9 Å². The Hall–Kier alpha value is -2.55. The topological polar surface area (TPSA) is 82.8 Å². The maximum Gasteiger partial charge on any atom is 0.492 e. The zero-order valence-corrected chi connectivity index (χ0v) is 19.3. The molecule has 1 fully saturated rings. The molecule has 3 N–H and O–H groups in total. The van der Waals surface area contributed by atoms with Crippen LogP contribution >= 0.6 is 11.6 Å². The first-order valence-corrected chi connectivity index (χ1v) is 10.6. The van der Waals surface area contributed by atoms with Crippen LogP contribution in [0.15, 0.2) is 47.9 Å². The number of hydrogen-bond donors (Lipinski definition) is 2. The highest BCUT2D eigenvalue weighted by Crippen LogP contribution is 2.39. The lowest BCUT2D eigenvalue weighted by Gasteiger charge is -2.32. The van der Waals surface area contributed by atoms with Crippen molar-refractivity contribution in [2.45, 2.75) is 45.5 Å². The third-order valence-corrected chi connectivity index (χ3v) is 5.89. The largest absolute Gasteiger partial charge is 0.492 e. The van der Waals surface area contributed by atoms with Gasteiger partial charge in [0.15, 0.2) is 0 Å². The van der Waals surface area contributed by atoms with E-state index in [1.807, 2.05) is 58.0 Å². The quantitative estimate of drug-likeness (QED) is 0.468. The standard InChI is InChI=1S/C23H27BClFN2O4/c1-22(2)23(3,4)32-24(31-22)17(10-16-11-18(25)12-19(26)20(16)27)13-28-21(29)30-14-15-8-6-5-7-9-15/h5-12H,13-14,27H2,1-4H3,(H,28,29). The van der Waals surface area contributed by atoms with Gasteiger partial charge in [-0.3, -0.25) is 0 Å². The molecule has 0 aliphatic carbocycles. The molecule has 1 saturated heterocycles. The van der Waals surface area contributed by atoms with Crippen molar-refractivity contribution in [2.24, 2.45) is 0 Å². The maximum atomic E-state index is 14.1. The molecule has 0 unspecified atom stereocenters. The average molecular weight is 461 g/mol. The fourth-order valence-electron chi connectivity index (χ4n) is 3.07. The van der Waals surface area contributed by atoms with Gasteiger partial charge in [0.1, 0.15) is 12.4 Å². The number of ether oxygens (including phenoxy) is 1. The summed E-state index contributed by atoms with van der Waals surface area (Å²) in [6.07, 6.45) is 1.01. The number of anilines is 1. The van der Waals surface area contributed by atoms with E-state index < -0.39 is 30.2 Å². The molecule has 0 saturated carbocycles. The molecule has 0 atom stereocenters. The molecule has 6 nitrogen and oxygen atoms in total. The molecule has 170 valence electrons. The predicted molar refractivity (Wildman–Crippen MR) is 125 cm³/mol. The van der Waals surface area contributed by atoms with Gasteiger partial charge >= 0.3 is 13.2 Å². The Balaban J connectivity index is 1.79. The Morgan fingerprint density at radius 3 is 2.44 bits per heavy atom. The Labute approximate surface area is 193 Å². The highest BCUT2D eigenvalue weighted by molar-refractivity contribution is 6.56. The van der Waals surface area contributed by atoms with E-state index in [4.69, 9.17) is 31.4 Å². The molecule has 1 amide bonds. The van der Waals surface area contributed by atoms with Gasteiger partial charge in [0.25, 0.3) is 0 Å². The Morgan fingerprint density at radius 1 is 1.19 bits per heavy atom. The molecule has 0 spiro atoms. The van der Waals surface area contributed by atoms with E-state index in [9.17, 15) is 9.18 Å². The van der Waals surface area contributed by atoms with Gasteiger partial charge in [0.2, 0.25) is 0 Å². The number of halogens is 2. The highest BCUT2D eigenvalue weighted by Gasteiger charge is 2.52. The van der Waals surface area contributed by atoms with E-state index in [0.29, 0.717) is 11.0 Å². The van der Waals surface area contributed by atoms with Crippen molar-refractivity contribution in [2.75, 3.05) is 12.3 Å². The van der Waals surface area contributed by atoms with Gasteiger partial charge in [0.05, 0.1) is 16.9 Å². The van der Waals surface area contributed by atoms with E-state index in [0.717, 1.165) is 11.6 Å². The van der Waals surface area contributed by atoms with Crippen LogP contribution in [0.25, 0.3) is 6.08 Å². The fourth-order valence-corrected chi connectivity index (χ4v) is 3.28. The zero-order chi connectivity index (χ0) is 23.5. The second-order valence-corrected chi connectivity index (χ2v) is 9.05. The van der Waals surface area contributed by atoms with Crippen LogP contribution in [0, 0.1) is 5.82 Å². The van der Waals surface area contributed by atoms with Gasteiger partial charge in [-0.1, -0.05) is 48.0 Å². The first-order valence-electron chi connectivity index (χ1n) is 10.2. The summed E-state index contributed by atoms with van der Waals surface area (Å²) in [5.41, 5.74) is 6.40. The molecule has 0 bridgehead atoms. The molecule has 1 heterocycles. The second kappa shape index (κ2) is 9.52. The number of rotatable bonds is 6. The van der Waals surface area contributed by atoms with Gasteiger partial charge in [0, 0.05) is 17.1 Å². The molecule has 3 rings (SSSR count). The minimum absolute atomic E-state index is 0.0397. The molecule has 2 aromatic carbocycles. The van der Waals surface area contributed by atoms with E-state index in [2.05, 4.69) is 5.32 Å². The van der Waals surface area contributed by atoms with Gasteiger partial charge < -0.3 is 25.1 Å². The first-order chi connectivity index (χ1) is 15.0. The lowest BCUT2D eigenvalue weighted by Crippen LogP contribution is -2.41. The predicted octanol–water partition coefficient (Wildman–Crippen LogP) is 5.00. The van der Waals surface area contributed by atoms with Crippen LogP contribution in [0.1, 0.15) is 38.8 Å². The fraction of sp³-hybridized carbons (Fsp3) is 0.348. The number of benzene rings is 2. The van der Waals surface area contributed by atoms with Crippen molar-refractivity contribution in [3.8, 4) is 0 Å². The highest BCUT2D eigenvalue weighted by atomic mass is 35.5. The van der Waals surface area contributed by atoms with Crippen LogP contribution in [0.2, 0.25) is 5.02 Å². The zero-order valence-electron chi connectivity index (χ0n) is 18.6. The van der Waals surface area contributed by atoms with Crippen molar-refractivity contribution in [1.82, 2.24) is 5.32 Å². The van der Waals surface area contributed by atoms with Crippen LogP contribution in [0.5, 0.6) is 0 Å². The van der Waals surface area contributed by atoms with Gasteiger partial charge in [-0.15, -0.1) is 0 Å². The Morgan fingerprint density at radius 2 is 1.81 bits per heavy atom. The number of nitrogens with one attached hydrogen (secondary N) is 1. The van der Waals surface area contributed by atoms with Crippen LogP contribution in [0.3, 0.4) is 0 Å². The van der Waals surface area contributed by atoms with Crippen LogP contribution < -0.4 is 11.1 Å². The third-order valence-electron chi connectivity index (χ3n) is 5.67. The minimum atomic E-state index is -0.782. The van der Waals surface area contributed by atoms with Crippen LogP contribution in [0.4, 0.5) is 14.9 Å². The van der Waals surface area contributed by atoms with Crippen LogP contribution in [-0.2, 0) is 20.7 Å². The summed E-state index contributed by atoms with van der Waals surface area (Å²) in [5, 5.41) is 2.90. The summed E-state index contributed by atoms with van der Waals surface area (Å²) in [4.78, 5) is 12.3. The third kappa shape index (κ3) is 5.62. The summed E-state index contributed by atoms with van der Waals surface area (Å²) < 4.78 is 31.6. The monoisotopic (exact) mass is 460 g/mol. The molecule has 32 heavy (non-hydrogen) atoms. The summed E-state index contributed by atoms with van der Waals surface area (Å²) in [6.45, 7) is 7.84. The smallest absolute Gasteiger partial charge is 0.445 e. The van der Waals surface area contributed by atoms with Crippen molar-refractivity contribution < 1.29 is 23.2 Å². The summed E-state index contributed by atoms with van der Waals surface area (Å²) in [6, 6.07) is 12.0. The summed E-state index contributed by atoms with van der Waals surface area (Å²) in [5.74, 6) is -0.632. The van der Waals surface area contributed by atoms with Crippen molar-refractivity contribution in [1.29, 1.82) is 0 Å². The maximum absolute atomic E-state index is 14.1. The van der Waals surface area contributed by atoms with Crippen molar-refractivity contribution in [3.63, 3.8) is 0 Å². The molecule has 9 heteroatoms. The van der Waals surface area contributed by atoms with E-state index in [1.165, 1.54) is 0 Å². The Kier molecular flexibility index (Phi) is 7.17. The first kappa shape index (κ1) is 24.1. The number of alkyl carbamates (subject to hydrolysis) is 1. The lowest BCUT2D eigenvalue weighted by atomic mass is 9.77. The van der Waals surface area contributed by atoms with E-state index in [-0.39, 0.29) is 23.9 Å². The normalized spacial score (nSPS) is 17.3. The molecule has 2 aromatic rings. The number of hydrogen-bond acceptors (Lipinski definition) is 5. The van der Waals surface area contributed by atoms with E-state index in [1.54, 1.807) is 12.1 Å². The number of amides is 1. The van der Waals surface area contributed by atoms with E-state index >= 15 is 0 Å². The number of carbonyl (C=O) groups is 1. The average Bonchev–Trinajstić information content (AvgIpc) is 2.94. The van der Waals surface area contributed by atoms with Crippen molar-refractivity contribution >= 4 is 36.6 Å². The number of nitrogen functional groups attached to an aromatic ring is 1. The number of carbonyl (C=O) groups excluding carboxylic acids is 1. The summed E-state index contributed by atoms with van der Waals surface area (Å²) >= 11 is 6.01. The molecule has 1 aliphatic heterocycles.